The maximum atomic E-state index is 10.6. The fraction of sp³-hybridized carbons (Fsp3) is 0.300. The van der Waals surface area contributed by atoms with Gasteiger partial charge in [0.05, 0.1) is 0 Å². The molecule has 1 N–H and O–H groups in total. The van der Waals surface area contributed by atoms with Gasteiger partial charge in [0.25, 0.3) is 0 Å². The van der Waals surface area contributed by atoms with Gasteiger partial charge in [-0.3, -0.25) is 4.79 Å². The first kappa shape index (κ1) is 10.4. The molecule has 0 aromatic heterocycles. The molecular formula is C10H12N2O2. The van der Waals surface area contributed by atoms with Crippen LogP contribution in [0, 0.1) is 4.91 Å². The van der Waals surface area contributed by atoms with Crippen LogP contribution in [0.1, 0.15) is 18.1 Å². The molecule has 0 unspecified atom stereocenters. The molecule has 4 nitrogen and oxygen atoms in total. The van der Waals surface area contributed by atoms with Crippen molar-refractivity contribution in [3.8, 4) is 0 Å². The van der Waals surface area contributed by atoms with Gasteiger partial charge >= 0.3 is 0 Å². The summed E-state index contributed by atoms with van der Waals surface area (Å²) in [5.74, 6) is -0.0522. The number of hydrogen-bond donors (Lipinski definition) is 1. The highest BCUT2D eigenvalue weighted by atomic mass is 16.3. The monoisotopic (exact) mass is 192 g/mol. The lowest BCUT2D eigenvalue weighted by Gasteiger charge is -2.02. The predicted octanol–water partition coefficient (Wildman–Crippen LogP) is 1.59. The van der Waals surface area contributed by atoms with Crippen LogP contribution in [0.25, 0.3) is 0 Å². The largest absolute Gasteiger partial charge is 0.352 e. The van der Waals surface area contributed by atoms with Gasteiger partial charge in [0.1, 0.15) is 6.54 Å². The molecular weight excluding hydrogens is 180 g/mol. The Labute approximate surface area is 82.3 Å². The number of nitrogens with zero attached hydrogens (tertiary/aromatic N) is 1. The topological polar surface area (TPSA) is 58.5 Å². The molecule has 0 bridgehead atoms. The normalized spacial score (nSPS) is 9.50. The SMILES string of the molecule is CC(=O)NCc1ccc(CN=O)cc1. The summed E-state index contributed by atoms with van der Waals surface area (Å²) in [6, 6.07) is 7.41. The van der Waals surface area contributed by atoms with E-state index in [4.69, 9.17) is 0 Å². The predicted molar refractivity (Wildman–Crippen MR) is 53.5 cm³/mol. The number of nitrogens with one attached hydrogen (secondary N) is 1. The molecule has 14 heavy (non-hydrogen) atoms. The fourth-order valence-electron chi connectivity index (χ4n) is 1.06. The summed E-state index contributed by atoms with van der Waals surface area (Å²) >= 11 is 0. The first-order valence-electron chi connectivity index (χ1n) is 4.33. The second kappa shape index (κ2) is 5.11. The lowest BCUT2D eigenvalue weighted by Crippen LogP contribution is -2.18. The summed E-state index contributed by atoms with van der Waals surface area (Å²) in [5.41, 5.74) is 1.89. The molecule has 0 atom stereocenters. The van der Waals surface area contributed by atoms with Crippen molar-refractivity contribution in [2.75, 3.05) is 0 Å². The Kier molecular flexibility index (Phi) is 3.79. The zero-order valence-electron chi connectivity index (χ0n) is 7.99. The summed E-state index contributed by atoms with van der Waals surface area (Å²) in [5, 5.41) is 5.48. The van der Waals surface area contributed by atoms with Gasteiger partial charge in [-0.2, -0.15) is 4.91 Å². The molecule has 0 saturated heterocycles. The van der Waals surface area contributed by atoms with Crippen LogP contribution < -0.4 is 5.32 Å². The van der Waals surface area contributed by atoms with E-state index in [-0.39, 0.29) is 12.5 Å². The van der Waals surface area contributed by atoms with Crippen LogP contribution in [0.2, 0.25) is 0 Å². The Bertz CT molecular complexity index is 319. The Balaban J connectivity index is 2.54. The maximum absolute atomic E-state index is 10.6. The third-order valence-electron chi connectivity index (χ3n) is 1.81. The fourth-order valence-corrected chi connectivity index (χ4v) is 1.06. The van der Waals surface area contributed by atoms with Crippen molar-refractivity contribution in [2.24, 2.45) is 5.18 Å². The van der Waals surface area contributed by atoms with Crippen LogP contribution in [0.15, 0.2) is 29.4 Å². The smallest absolute Gasteiger partial charge is 0.217 e. The number of carbonyl (C=O) groups is 1. The van der Waals surface area contributed by atoms with E-state index in [9.17, 15) is 9.70 Å². The Morgan fingerprint density at radius 3 is 2.36 bits per heavy atom. The molecule has 4 heteroatoms. The molecule has 0 spiro atoms. The first-order valence-corrected chi connectivity index (χ1v) is 4.33. The zero-order valence-corrected chi connectivity index (χ0v) is 7.99. The molecule has 1 aromatic carbocycles. The van der Waals surface area contributed by atoms with Crippen LogP contribution in [-0.2, 0) is 17.9 Å². The number of hydrogen-bond acceptors (Lipinski definition) is 3. The van der Waals surface area contributed by atoms with Crippen molar-refractivity contribution in [2.45, 2.75) is 20.0 Å². The highest BCUT2D eigenvalue weighted by Gasteiger charge is 1.95. The van der Waals surface area contributed by atoms with Gasteiger partial charge in [-0.1, -0.05) is 29.4 Å². The molecule has 0 saturated carbocycles. The molecule has 1 amide bonds. The van der Waals surface area contributed by atoms with E-state index in [0.717, 1.165) is 11.1 Å². The third-order valence-corrected chi connectivity index (χ3v) is 1.81. The third kappa shape index (κ3) is 3.35. The van der Waals surface area contributed by atoms with E-state index in [1.54, 1.807) is 0 Å². The van der Waals surface area contributed by atoms with Gasteiger partial charge in [-0.25, -0.2) is 0 Å². The van der Waals surface area contributed by atoms with E-state index in [0.29, 0.717) is 6.54 Å². The number of benzene rings is 1. The number of nitroso groups, excluding NO2 is 1. The highest BCUT2D eigenvalue weighted by Crippen LogP contribution is 2.05. The standard InChI is InChI=1S/C10H12N2O2/c1-8(13)11-6-9-2-4-10(5-3-9)7-12-14/h2-5H,6-7H2,1H3,(H,11,13). The summed E-state index contributed by atoms with van der Waals surface area (Å²) in [4.78, 5) is 20.6. The van der Waals surface area contributed by atoms with Crippen molar-refractivity contribution in [1.82, 2.24) is 5.32 Å². The van der Waals surface area contributed by atoms with Gasteiger partial charge in [0, 0.05) is 13.5 Å². The average molecular weight is 192 g/mol. The van der Waals surface area contributed by atoms with Crippen molar-refractivity contribution in [3.05, 3.63) is 40.3 Å². The second-order valence-corrected chi connectivity index (χ2v) is 3.01. The number of amides is 1. The Morgan fingerprint density at radius 2 is 1.86 bits per heavy atom. The van der Waals surface area contributed by atoms with Gasteiger partial charge in [0.2, 0.25) is 5.91 Å². The van der Waals surface area contributed by atoms with E-state index >= 15 is 0 Å². The van der Waals surface area contributed by atoms with Crippen LogP contribution in [-0.4, -0.2) is 5.91 Å². The summed E-state index contributed by atoms with van der Waals surface area (Å²) < 4.78 is 0. The molecule has 0 aliphatic rings. The summed E-state index contributed by atoms with van der Waals surface area (Å²) in [7, 11) is 0. The first-order chi connectivity index (χ1) is 6.72. The van der Waals surface area contributed by atoms with Crippen LogP contribution >= 0.6 is 0 Å². The lowest BCUT2D eigenvalue weighted by molar-refractivity contribution is -0.119. The minimum atomic E-state index is -0.0522. The lowest BCUT2D eigenvalue weighted by atomic mass is 10.1. The van der Waals surface area contributed by atoms with Crippen LogP contribution in [0.5, 0.6) is 0 Å². The minimum absolute atomic E-state index is 0.0522. The van der Waals surface area contributed by atoms with E-state index < -0.39 is 0 Å². The van der Waals surface area contributed by atoms with Crippen LogP contribution in [0.3, 0.4) is 0 Å². The van der Waals surface area contributed by atoms with E-state index in [1.807, 2.05) is 24.3 Å². The molecule has 1 aromatic rings. The Morgan fingerprint density at radius 1 is 1.29 bits per heavy atom. The number of carbonyl (C=O) groups excluding carboxylic acids is 1. The minimum Gasteiger partial charge on any atom is -0.352 e. The van der Waals surface area contributed by atoms with E-state index in [2.05, 4.69) is 10.5 Å². The second-order valence-electron chi connectivity index (χ2n) is 3.01. The van der Waals surface area contributed by atoms with Crippen molar-refractivity contribution < 1.29 is 4.79 Å². The number of rotatable bonds is 4. The van der Waals surface area contributed by atoms with Gasteiger partial charge in [-0.15, -0.1) is 0 Å². The maximum Gasteiger partial charge on any atom is 0.217 e. The molecule has 0 radical (unpaired) electrons. The molecule has 74 valence electrons. The average Bonchev–Trinajstić information content (AvgIpc) is 2.17. The van der Waals surface area contributed by atoms with Gasteiger partial charge in [0.15, 0.2) is 0 Å². The molecule has 0 aliphatic carbocycles. The molecule has 0 fully saturated rings. The summed E-state index contributed by atoms with van der Waals surface area (Å²) in [6.45, 7) is 2.19. The molecule has 1 rings (SSSR count). The van der Waals surface area contributed by atoms with Crippen molar-refractivity contribution in [1.29, 1.82) is 0 Å². The molecule has 0 aliphatic heterocycles. The van der Waals surface area contributed by atoms with Gasteiger partial charge < -0.3 is 5.32 Å². The van der Waals surface area contributed by atoms with Gasteiger partial charge in [-0.05, 0) is 11.1 Å². The zero-order chi connectivity index (χ0) is 10.4. The van der Waals surface area contributed by atoms with Crippen molar-refractivity contribution in [3.63, 3.8) is 0 Å². The van der Waals surface area contributed by atoms with Crippen molar-refractivity contribution >= 4 is 5.91 Å². The highest BCUT2D eigenvalue weighted by molar-refractivity contribution is 5.72. The quantitative estimate of drug-likeness (QED) is 0.736. The van der Waals surface area contributed by atoms with E-state index in [1.165, 1.54) is 6.92 Å². The molecule has 0 heterocycles. The summed E-state index contributed by atoms with van der Waals surface area (Å²) in [6.07, 6.45) is 0. The Hall–Kier alpha value is -1.71. The van der Waals surface area contributed by atoms with Crippen LogP contribution in [0.4, 0.5) is 0 Å².